The van der Waals surface area contributed by atoms with Crippen molar-refractivity contribution in [1.82, 2.24) is 0 Å². The summed E-state index contributed by atoms with van der Waals surface area (Å²) in [6.45, 7) is 0. The molecule has 0 unspecified atom stereocenters. The second-order valence-corrected chi connectivity index (χ2v) is 5.30. The Kier molecular flexibility index (Phi) is 4.88. The first-order chi connectivity index (χ1) is 12.5. The number of esters is 1. The maximum absolute atomic E-state index is 13.8. The summed E-state index contributed by atoms with van der Waals surface area (Å²) >= 11 is 0. The molecule has 0 N–H and O–H groups in total. The smallest absolute Gasteiger partial charge is 0.363 e. The number of hydrogen-bond donors (Lipinski definition) is 0. The number of halogens is 1. The number of nitrogens with zero attached hydrogens (tertiary/aromatic N) is 1. The molecule has 7 heteroatoms. The first-order valence-electron chi connectivity index (χ1n) is 7.64. The third kappa shape index (κ3) is 3.37. The molecular weight excluding hydrogens is 341 g/mol. The van der Waals surface area contributed by atoms with E-state index < -0.39 is 11.8 Å². The van der Waals surface area contributed by atoms with Gasteiger partial charge < -0.3 is 18.9 Å². The second kappa shape index (κ2) is 7.26. The lowest BCUT2D eigenvalue weighted by molar-refractivity contribution is -0.129. The molecule has 0 bridgehead atoms. The summed E-state index contributed by atoms with van der Waals surface area (Å²) in [5, 5.41) is 0. The number of aliphatic imine (C=N–C) groups is 1. The predicted molar refractivity (Wildman–Crippen MR) is 93.1 cm³/mol. The van der Waals surface area contributed by atoms with Crippen molar-refractivity contribution >= 4 is 17.9 Å². The lowest BCUT2D eigenvalue weighted by Gasteiger charge is -2.08. The monoisotopic (exact) mass is 357 g/mol. The van der Waals surface area contributed by atoms with Crippen LogP contribution in [0.1, 0.15) is 11.1 Å². The van der Waals surface area contributed by atoms with E-state index in [2.05, 4.69) is 4.99 Å². The molecule has 0 atom stereocenters. The molecule has 0 amide bonds. The summed E-state index contributed by atoms with van der Waals surface area (Å²) in [4.78, 5) is 16.3. The highest BCUT2D eigenvalue weighted by molar-refractivity contribution is 6.13. The summed E-state index contributed by atoms with van der Waals surface area (Å²) in [7, 11) is 4.41. The van der Waals surface area contributed by atoms with Gasteiger partial charge in [-0.15, -0.1) is 0 Å². The molecule has 1 heterocycles. The zero-order valence-electron chi connectivity index (χ0n) is 14.4. The molecule has 134 valence electrons. The van der Waals surface area contributed by atoms with Crippen molar-refractivity contribution in [2.45, 2.75) is 0 Å². The van der Waals surface area contributed by atoms with Crippen LogP contribution in [0.15, 0.2) is 47.1 Å². The van der Waals surface area contributed by atoms with Crippen molar-refractivity contribution in [3.63, 3.8) is 0 Å². The summed E-state index contributed by atoms with van der Waals surface area (Å²) in [6, 6.07) is 9.38. The van der Waals surface area contributed by atoms with E-state index >= 15 is 0 Å². The van der Waals surface area contributed by atoms with Crippen LogP contribution in [0, 0.1) is 5.82 Å². The zero-order chi connectivity index (χ0) is 18.7. The average Bonchev–Trinajstić information content (AvgIpc) is 3.01. The second-order valence-electron chi connectivity index (χ2n) is 5.30. The average molecular weight is 357 g/mol. The molecule has 6 nitrogen and oxygen atoms in total. The quantitative estimate of drug-likeness (QED) is 0.607. The lowest BCUT2D eigenvalue weighted by Crippen LogP contribution is -2.06. The van der Waals surface area contributed by atoms with Crippen LogP contribution in [0.5, 0.6) is 17.2 Å². The largest absolute Gasteiger partial charge is 0.494 e. The standard InChI is InChI=1S/C19H16FNO5/c1-23-15-6-4-11(8-13(15)20)9-14-19(22)26-18(21-14)12-5-7-16(24-2)17(10-12)25-3/h4-10H,1-3H3/b14-9+. The molecule has 0 saturated carbocycles. The lowest BCUT2D eigenvalue weighted by atomic mass is 10.2. The molecule has 2 aromatic carbocycles. The molecule has 0 aromatic heterocycles. The third-order valence-electron chi connectivity index (χ3n) is 3.73. The van der Waals surface area contributed by atoms with E-state index in [1.54, 1.807) is 24.3 Å². The number of benzene rings is 2. The number of methoxy groups -OCH3 is 3. The summed E-state index contributed by atoms with van der Waals surface area (Å²) in [5.74, 6) is 0.138. The zero-order valence-corrected chi connectivity index (χ0v) is 14.4. The molecule has 0 aliphatic carbocycles. The molecule has 0 radical (unpaired) electrons. The van der Waals surface area contributed by atoms with Crippen LogP contribution in [0.3, 0.4) is 0 Å². The molecular formula is C19H16FNO5. The molecule has 26 heavy (non-hydrogen) atoms. The van der Waals surface area contributed by atoms with Gasteiger partial charge in [-0.1, -0.05) is 6.07 Å². The fourth-order valence-electron chi connectivity index (χ4n) is 2.43. The van der Waals surface area contributed by atoms with E-state index in [9.17, 15) is 9.18 Å². The molecule has 3 rings (SSSR count). The minimum Gasteiger partial charge on any atom is -0.494 e. The van der Waals surface area contributed by atoms with E-state index in [4.69, 9.17) is 18.9 Å². The van der Waals surface area contributed by atoms with Crippen LogP contribution in [0.25, 0.3) is 6.08 Å². The van der Waals surface area contributed by atoms with E-state index in [0.29, 0.717) is 22.6 Å². The topological polar surface area (TPSA) is 66.3 Å². The van der Waals surface area contributed by atoms with Crippen molar-refractivity contribution in [1.29, 1.82) is 0 Å². The Hall–Kier alpha value is -3.35. The van der Waals surface area contributed by atoms with E-state index in [1.165, 1.54) is 39.5 Å². The maximum atomic E-state index is 13.8. The van der Waals surface area contributed by atoms with Gasteiger partial charge in [0.2, 0.25) is 5.90 Å². The van der Waals surface area contributed by atoms with Gasteiger partial charge in [0.1, 0.15) is 0 Å². The van der Waals surface area contributed by atoms with Crippen LogP contribution in [0.2, 0.25) is 0 Å². The molecule has 0 saturated heterocycles. The highest BCUT2D eigenvalue weighted by Gasteiger charge is 2.25. The Morgan fingerprint density at radius 1 is 0.962 bits per heavy atom. The van der Waals surface area contributed by atoms with Gasteiger partial charge in [-0.05, 0) is 42.0 Å². The fourth-order valence-corrected chi connectivity index (χ4v) is 2.43. The summed E-state index contributed by atoms with van der Waals surface area (Å²) in [5.41, 5.74) is 1.09. The number of rotatable bonds is 5. The first kappa shape index (κ1) is 17.5. The number of hydrogen-bond acceptors (Lipinski definition) is 6. The van der Waals surface area contributed by atoms with Gasteiger partial charge in [-0.3, -0.25) is 0 Å². The van der Waals surface area contributed by atoms with Crippen molar-refractivity contribution in [3.05, 3.63) is 59.0 Å². The van der Waals surface area contributed by atoms with E-state index in [0.717, 1.165) is 0 Å². The number of carbonyl (C=O) groups is 1. The van der Waals surface area contributed by atoms with Crippen LogP contribution in [0.4, 0.5) is 4.39 Å². The van der Waals surface area contributed by atoms with Gasteiger partial charge >= 0.3 is 5.97 Å². The Labute approximate surface area is 149 Å². The van der Waals surface area contributed by atoms with Crippen LogP contribution in [-0.2, 0) is 9.53 Å². The van der Waals surface area contributed by atoms with Crippen LogP contribution >= 0.6 is 0 Å². The Balaban J connectivity index is 1.93. The summed E-state index contributed by atoms with van der Waals surface area (Å²) in [6.07, 6.45) is 1.44. The van der Waals surface area contributed by atoms with Crippen molar-refractivity contribution in [3.8, 4) is 17.2 Å². The van der Waals surface area contributed by atoms with Gasteiger partial charge in [0.25, 0.3) is 0 Å². The van der Waals surface area contributed by atoms with Gasteiger partial charge in [-0.25, -0.2) is 14.2 Å². The minimum atomic E-state index is -0.619. The van der Waals surface area contributed by atoms with Crippen molar-refractivity contribution < 1.29 is 28.1 Å². The molecule has 0 fully saturated rings. The number of carbonyl (C=O) groups excluding carboxylic acids is 1. The van der Waals surface area contributed by atoms with Crippen molar-refractivity contribution in [2.75, 3.05) is 21.3 Å². The summed E-state index contributed by atoms with van der Waals surface area (Å²) < 4.78 is 34.3. The van der Waals surface area contributed by atoms with E-state index in [1.807, 2.05) is 0 Å². The Morgan fingerprint density at radius 3 is 2.31 bits per heavy atom. The highest BCUT2D eigenvalue weighted by atomic mass is 19.1. The Morgan fingerprint density at radius 2 is 1.65 bits per heavy atom. The van der Waals surface area contributed by atoms with E-state index in [-0.39, 0.29) is 17.3 Å². The van der Waals surface area contributed by atoms with Gasteiger partial charge in [0.15, 0.2) is 28.8 Å². The molecule has 0 spiro atoms. The Bertz CT molecular complexity index is 920. The van der Waals surface area contributed by atoms with Crippen LogP contribution in [-0.4, -0.2) is 33.2 Å². The number of ether oxygens (including phenoxy) is 4. The van der Waals surface area contributed by atoms with Gasteiger partial charge in [0.05, 0.1) is 21.3 Å². The fraction of sp³-hybridized carbons (Fsp3) is 0.158. The highest BCUT2D eigenvalue weighted by Crippen LogP contribution is 2.29. The van der Waals surface area contributed by atoms with Crippen molar-refractivity contribution in [2.24, 2.45) is 4.99 Å². The minimum absolute atomic E-state index is 0.0688. The molecule has 2 aromatic rings. The molecule has 1 aliphatic heterocycles. The predicted octanol–water partition coefficient (Wildman–Crippen LogP) is 3.20. The van der Waals surface area contributed by atoms with Gasteiger partial charge in [0, 0.05) is 5.56 Å². The third-order valence-corrected chi connectivity index (χ3v) is 3.73. The normalized spacial score (nSPS) is 14.8. The number of cyclic esters (lactones) is 1. The van der Waals surface area contributed by atoms with Crippen LogP contribution < -0.4 is 14.2 Å². The van der Waals surface area contributed by atoms with Gasteiger partial charge in [-0.2, -0.15) is 0 Å². The first-order valence-corrected chi connectivity index (χ1v) is 7.64. The molecule has 1 aliphatic rings. The maximum Gasteiger partial charge on any atom is 0.363 e. The SMILES string of the molecule is COc1ccc(/C=C2/N=C(c3ccc(OC)c(OC)c3)OC2=O)cc1F.